The van der Waals surface area contributed by atoms with Gasteiger partial charge >= 0.3 is 12.1 Å². The fourth-order valence-electron chi connectivity index (χ4n) is 12.0. The standard InChI is InChI=1S/C64H64FN7O5/c1-7-43-23-25-44(26-24-43)40-75-59-57(56-42(3)54(65)35-55-53(56)39-72(68-55)64(46-17-11-8-12-18-46,47-19-13-9-14-20-47)48-21-15-10-16-22-48)51(45-27-28-45)34-52-58(59)66-61(76-41(2)36-69-29-31-74-32-30-69)67-60(52)70-37-50-33-49(70)38-71(50)62(73)77-63(4,5)6/h1,8-26,34-35,39,41,45,49-50H,27-33,36-38,40H2,2-6H3/t41-,49+,50+/m1/s1. The third-order valence-electron chi connectivity index (χ3n) is 15.7. The Morgan fingerprint density at radius 1 is 0.831 bits per heavy atom. The number of amides is 1. The molecule has 1 amide bonds. The van der Waals surface area contributed by atoms with Crippen molar-refractivity contribution in [3.8, 4) is 35.2 Å². The van der Waals surface area contributed by atoms with Gasteiger partial charge in [0.15, 0.2) is 5.75 Å². The number of nitrogens with zero attached hydrogens (tertiary/aromatic N) is 7. The minimum absolute atomic E-state index is 0.0395. The molecule has 13 heteroatoms. The summed E-state index contributed by atoms with van der Waals surface area (Å²) in [7, 11) is 0. The topological polar surface area (TPSA) is 107 Å². The number of halogens is 1. The molecule has 392 valence electrons. The van der Waals surface area contributed by atoms with E-state index < -0.39 is 11.1 Å². The predicted octanol–water partition coefficient (Wildman–Crippen LogP) is 11.7. The lowest BCUT2D eigenvalue weighted by Crippen LogP contribution is -2.50. The summed E-state index contributed by atoms with van der Waals surface area (Å²) in [6.45, 7) is 14.4. The maximum atomic E-state index is 17.3. The zero-order valence-corrected chi connectivity index (χ0v) is 44.4. The van der Waals surface area contributed by atoms with Crippen molar-refractivity contribution in [2.45, 2.75) is 95.7 Å². The van der Waals surface area contributed by atoms with Gasteiger partial charge in [0.1, 0.15) is 41.0 Å². The molecule has 1 saturated carbocycles. The summed E-state index contributed by atoms with van der Waals surface area (Å²) < 4.78 is 45.0. The number of terminal acetylenes is 1. The third-order valence-corrected chi connectivity index (χ3v) is 15.7. The lowest BCUT2D eigenvalue weighted by atomic mass is 9.77. The van der Waals surface area contributed by atoms with Crippen LogP contribution in [0, 0.1) is 25.1 Å². The lowest BCUT2D eigenvalue weighted by molar-refractivity contribution is 0.0203. The fraction of sp³-hybridized carbons (Fsp3) is 0.344. The second kappa shape index (κ2) is 20.3. The molecule has 4 fully saturated rings. The molecule has 12 nitrogen and oxygen atoms in total. The van der Waals surface area contributed by atoms with Gasteiger partial charge in [-0.15, -0.1) is 6.42 Å². The molecule has 0 N–H and O–H groups in total. The van der Waals surface area contributed by atoms with Gasteiger partial charge in [-0.05, 0) is 111 Å². The van der Waals surface area contributed by atoms with E-state index in [1.165, 1.54) is 0 Å². The summed E-state index contributed by atoms with van der Waals surface area (Å²) in [5.41, 5.74) is 7.06. The first-order valence-corrected chi connectivity index (χ1v) is 27.0. The number of ether oxygens (including phenoxy) is 4. The molecule has 2 bridgehead atoms. The summed E-state index contributed by atoms with van der Waals surface area (Å²) in [4.78, 5) is 30.8. The Kier molecular flexibility index (Phi) is 13.2. The van der Waals surface area contributed by atoms with Gasteiger partial charge in [-0.2, -0.15) is 15.1 Å². The van der Waals surface area contributed by atoms with Gasteiger partial charge in [0, 0.05) is 72.4 Å². The number of likely N-dealkylation sites (tertiary alicyclic amines) is 1. The molecule has 3 aliphatic heterocycles. The highest BCUT2D eigenvalue weighted by Gasteiger charge is 2.48. The molecule has 0 unspecified atom stereocenters. The number of morpholine rings is 1. The van der Waals surface area contributed by atoms with Gasteiger partial charge in [-0.1, -0.05) is 109 Å². The highest BCUT2D eigenvalue weighted by Crippen LogP contribution is 2.54. The number of rotatable bonds is 14. The van der Waals surface area contributed by atoms with Crippen molar-refractivity contribution < 1.29 is 28.1 Å². The van der Waals surface area contributed by atoms with E-state index in [-0.39, 0.29) is 48.6 Å². The molecule has 12 rings (SSSR count). The van der Waals surface area contributed by atoms with Crippen LogP contribution in [0.3, 0.4) is 0 Å². The number of anilines is 1. The van der Waals surface area contributed by atoms with Crippen LogP contribution in [0.25, 0.3) is 32.9 Å². The molecule has 0 radical (unpaired) electrons. The monoisotopic (exact) mass is 1030 g/mol. The van der Waals surface area contributed by atoms with Crippen LogP contribution < -0.4 is 14.4 Å². The van der Waals surface area contributed by atoms with Gasteiger partial charge < -0.3 is 28.7 Å². The van der Waals surface area contributed by atoms with Crippen LogP contribution in [0.1, 0.15) is 91.8 Å². The Labute approximate surface area is 449 Å². The molecule has 1 aliphatic carbocycles. The zero-order valence-electron chi connectivity index (χ0n) is 44.4. The SMILES string of the molecule is C#Cc1ccc(COc2c(-c3c(C)c(F)cc4nn(C(c5ccccc5)(c5ccccc5)c5ccccc5)cc34)c(C3CC3)cc3c(N4C[C@@H]5C[C@H]4CN5C(=O)OC(C)(C)C)nc(O[C@H](C)CN4CCOCC4)nc23)cc1. The number of benzene rings is 6. The lowest BCUT2D eigenvalue weighted by Gasteiger charge is -2.36. The van der Waals surface area contributed by atoms with Crippen LogP contribution >= 0.6 is 0 Å². The van der Waals surface area contributed by atoms with Crippen molar-refractivity contribution in [1.82, 2.24) is 29.5 Å². The molecular weight excluding hydrogens is 966 g/mol. The molecule has 5 heterocycles. The largest absolute Gasteiger partial charge is 0.486 e. The zero-order chi connectivity index (χ0) is 53.0. The van der Waals surface area contributed by atoms with E-state index in [1.807, 2.05) is 86.7 Å². The van der Waals surface area contributed by atoms with Crippen molar-refractivity contribution >= 4 is 33.7 Å². The molecule has 6 aromatic carbocycles. The molecule has 8 aromatic rings. The van der Waals surface area contributed by atoms with E-state index in [0.717, 1.165) is 82.1 Å². The highest BCUT2D eigenvalue weighted by molar-refractivity contribution is 6.06. The van der Waals surface area contributed by atoms with Crippen LogP contribution in [0.4, 0.5) is 15.0 Å². The average Bonchev–Trinajstić information content (AvgIpc) is 4.02. The van der Waals surface area contributed by atoms with E-state index in [9.17, 15) is 4.79 Å². The Hall–Kier alpha value is -7.79. The first-order chi connectivity index (χ1) is 37.4. The first-order valence-electron chi connectivity index (χ1n) is 27.0. The minimum Gasteiger partial charge on any atom is -0.486 e. The van der Waals surface area contributed by atoms with Gasteiger partial charge in [0.25, 0.3) is 0 Å². The number of hydrogen-bond donors (Lipinski definition) is 0. The van der Waals surface area contributed by atoms with Crippen LogP contribution in [0.5, 0.6) is 11.8 Å². The number of piperazine rings is 1. The molecule has 77 heavy (non-hydrogen) atoms. The van der Waals surface area contributed by atoms with Crippen LogP contribution in [0.2, 0.25) is 0 Å². The summed E-state index contributed by atoms with van der Waals surface area (Å²) in [6.07, 6.45) is 9.97. The summed E-state index contributed by atoms with van der Waals surface area (Å²) in [5, 5.41) is 7.00. The maximum absolute atomic E-state index is 17.3. The van der Waals surface area contributed by atoms with Crippen molar-refractivity contribution in [1.29, 1.82) is 0 Å². The van der Waals surface area contributed by atoms with Gasteiger partial charge in [-0.25, -0.2) is 9.18 Å². The maximum Gasteiger partial charge on any atom is 0.410 e. The van der Waals surface area contributed by atoms with Gasteiger partial charge in [0.05, 0.1) is 30.8 Å². The second-order valence-electron chi connectivity index (χ2n) is 22.1. The average molecular weight is 1030 g/mol. The smallest absolute Gasteiger partial charge is 0.410 e. The van der Waals surface area contributed by atoms with Gasteiger partial charge in [0.2, 0.25) is 0 Å². The van der Waals surface area contributed by atoms with E-state index in [1.54, 1.807) is 6.07 Å². The Balaban J connectivity index is 1.09. The summed E-state index contributed by atoms with van der Waals surface area (Å²) >= 11 is 0. The normalized spacial score (nSPS) is 18.2. The van der Waals surface area contributed by atoms with Crippen LogP contribution in [-0.2, 0) is 21.6 Å². The Morgan fingerprint density at radius 3 is 2.06 bits per heavy atom. The second-order valence-corrected chi connectivity index (χ2v) is 22.1. The number of carbonyl (C=O) groups excluding carboxylic acids is 1. The van der Waals surface area contributed by atoms with Crippen molar-refractivity contribution in [3.63, 3.8) is 0 Å². The minimum atomic E-state index is -0.961. The summed E-state index contributed by atoms with van der Waals surface area (Å²) in [6, 6.07) is 42.9. The molecule has 2 aromatic heterocycles. The first kappa shape index (κ1) is 50.1. The molecule has 4 aliphatic rings. The number of carbonyl (C=O) groups is 1. The molecule has 3 saturated heterocycles. The number of fused-ring (bicyclic) bond motifs is 4. The van der Waals surface area contributed by atoms with Crippen molar-refractivity contribution in [2.24, 2.45) is 0 Å². The quantitative estimate of drug-likeness (QED) is 0.0772. The van der Waals surface area contributed by atoms with E-state index in [0.29, 0.717) is 66.6 Å². The molecular formula is C64H64FN7O5. The third kappa shape index (κ3) is 9.52. The van der Waals surface area contributed by atoms with Gasteiger partial charge in [-0.3, -0.25) is 9.58 Å². The Morgan fingerprint density at radius 2 is 1.48 bits per heavy atom. The summed E-state index contributed by atoms with van der Waals surface area (Å²) in [5.74, 6) is 3.71. The van der Waals surface area contributed by atoms with E-state index in [2.05, 4.69) is 101 Å². The van der Waals surface area contributed by atoms with Crippen molar-refractivity contribution in [2.75, 3.05) is 50.8 Å². The van der Waals surface area contributed by atoms with E-state index >= 15 is 4.39 Å². The number of aromatic nitrogens is 4. The molecule has 0 spiro atoms. The molecule has 3 atom stereocenters. The fourth-order valence-corrected chi connectivity index (χ4v) is 12.0. The van der Waals surface area contributed by atoms with Crippen LogP contribution in [-0.4, -0.2) is 105 Å². The van der Waals surface area contributed by atoms with Crippen molar-refractivity contribution in [3.05, 3.63) is 178 Å². The van der Waals surface area contributed by atoms with Crippen LogP contribution in [0.15, 0.2) is 134 Å². The predicted molar refractivity (Wildman–Crippen MR) is 298 cm³/mol. The Bertz CT molecular complexity index is 3420. The van der Waals surface area contributed by atoms with E-state index in [4.69, 9.17) is 40.4 Å². The highest BCUT2D eigenvalue weighted by atomic mass is 19.1. The number of hydrogen-bond acceptors (Lipinski definition) is 10.